The van der Waals surface area contributed by atoms with E-state index in [1.807, 2.05) is 0 Å². The van der Waals surface area contributed by atoms with E-state index in [4.69, 9.17) is 4.99 Å². The summed E-state index contributed by atoms with van der Waals surface area (Å²) < 4.78 is 0. The number of hydrogen-bond acceptors (Lipinski definition) is 1. The van der Waals surface area contributed by atoms with Gasteiger partial charge in [0, 0.05) is 11.8 Å². The second-order valence-corrected chi connectivity index (χ2v) is 11.3. The zero-order valence-corrected chi connectivity index (χ0v) is 27.8. The molecule has 0 saturated carbocycles. The van der Waals surface area contributed by atoms with Gasteiger partial charge in [-0.15, -0.1) is 0 Å². The molecule has 0 radical (unpaired) electrons. The van der Waals surface area contributed by atoms with Gasteiger partial charge in [0.1, 0.15) is 5.70 Å². The molecule has 3 aromatic heterocycles. The minimum Gasteiger partial charge on any atom is -0.348 e. The maximum Gasteiger partial charge on any atom is 0.117 e. The number of rotatable bonds is 8. The Morgan fingerprint density at radius 1 is 0.523 bits per heavy atom. The number of aromatic nitrogens is 3. The maximum absolute atomic E-state index is 5.09. The predicted molar refractivity (Wildman–Crippen MR) is 186 cm³/mol. The van der Waals surface area contributed by atoms with E-state index in [1.54, 1.807) is 0 Å². The number of aliphatic imine (C=N–C) groups is 1. The van der Waals surface area contributed by atoms with Gasteiger partial charge in [-0.3, -0.25) is 0 Å². The Labute approximate surface area is 262 Å². The summed E-state index contributed by atoms with van der Waals surface area (Å²) in [4.78, 5) is 16.1. The van der Waals surface area contributed by atoms with Crippen LogP contribution in [0.25, 0.3) is 23.6 Å². The van der Waals surface area contributed by atoms with Gasteiger partial charge in [0.05, 0.1) is 33.5 Å². The third-order valence-corrected chi connectivity index (χ3v) is 9.13. The second-order valence-electron chi connectivity index (χ2n) is 11.3. The molecule has 44 heavy (non-hydrogen) atoms. The van der Waals surface area contributed by atoms with Gasteiger partial charge in [-0.25, -0.2) is 4.99 Å². The molecule has 5 rings (SSSR count). The minimum atomic E-state index is 0.885. The zero-order valence-electron chi connectivity index (χ0n) is 27.8. The molecule has 0 amide bonds. The molecule has 0 atom stereocenters. The molecule has 4 nitrogen and oxygen atoms in total. The first-order valence-electron chi connectivity index (χ1n) is 16.7. The second kappa shape index (κ2) is 13.5. The molecule has 226 valence electrons. The van der Waals surface area contributed by atoms with E-state index in [1.165, 1.54) is 44.5 Å². The first-order chi connectivity index (χ1) is 21.5. The Balaban J connectivity index is 1.91. The fourth-order valence-corrected chi connectivity index (χ4v) is 6.98. The number of H-pyrrole nitrogens is 3. The Morgan fingerprint density at radius 2 is 1.07 bits per heavy atom. The molecule has 3 N–H and O–H groups in total. The SMILES string of the molecule is CCC1=C(CC)C2=NC1=C=C=c1[nH]c(c(CC)c1CC)=C=Cc1[nH]c(c(CC)c1CC)C#Cc1[nH]c(c(CC)c1CC)C=C2. The molecule has 0 aliphatic carbocycles. The van der Waals surface area contributed by atoms with Gasteiger partial charge < -0.3 is 15.0 Å². The highest BCUT2D eigenvalue weighted by molar-refractivity contribution is 6.14. The summed E-state index contributed by atoms with van der Waals surface area (Å²) in [5.74, 6) is 7.06. The molecule has 4 heteroatoms. The summed E-state index contributed by atoms with van der Waals surface area (Å²) >= 11 is 0. The van der Waals surface area contributed by atoms with Crippen LogP contribution >= 0.6 is 0 Å². The fourth-order valence-electron chi connectivity index (χ4n) is 6.98. The first kappa shape index (κ1) is 31.1. The number of allylic oxidation sites excluding steroid dienone is 3. The molecular weight excluding hydrogens is 536 g/mol. The lowest BCUT2D eigenvalue weighted by molar-refractivity contribution is 1.04. The summed E-state index contributed by atoms with van der Waals surface area (Å²) in [6.07, 6.45) is 13.8. The summed E-state index contributed by atoms with van der Waals surface area (Å²) in [6, 6.07) is 0. The van der Waals surface area contributed by atoms with E-state index in [0.29, 0.717) is 0 Å². The first-order valence-corrected chi connectivity index (χ1v) is 16.7. The molecule has 5 heterocycles. The van der Waals surface area contributed by atoms with Crippen molar-refractivity contribution < 1.29 is 0 Å². The number of fused-ring (bicyclic) bond motifs is 7. The zero-order chi connectivity index (χ0) is 31.4. The summed E-state index contributed by atoms with van der Waals surface area (Å²) in [5.41, 5.74) is 27.0. The fraction of sp³-hybridized carbons (Fsp3) is 0.400. The topological polar surface area (TPSA) is 59.7 Å². The number of hydrogen-bond donors (Lipinski definition) is 3. The Bertz CT molecular complexity index is 1990. The van der Waals surface area contributed by atoms with Crippen LogP contribution in [-0.2, 0) is 38.5 Å². The van der Waals surface area contributed by atoms with Crippen LogP contribution in [0.1, 0.15) is 124 Å². The molecule has 0 spiro atoms. The maximum atomic E-state index is 5.09. The molecule has 0 unspecified atom stereocenters. The summed E-state index contributed by atoms with van der Waals surface area (Å²) in [7, 11) is 0. The van der Waals surface area contributed by atoms with Gasteiger partial charge in [0.2, 0.25) is 0 Å². The van der Waals surface area contributed by atoms with Crippen molar-refractivity contribution in [2.45, 2.75) is 107 Å². The van der Waals surface area contributed by atoms with Crippen molar-refractivity contribution >= 4 is 29.3 Å². The number of nitrogens with zero attached hydrogens (tertiary/aromatic N) is 1. The number of nitrogens with one attached hydrogen (secondary N) is 3. The smallest absolute Gasteiger partial charge is 0.117 e. The Kier molecular flexibility index (Phi) is 9.54. The van der Waals surface area contributed by atoms with Crippen molar-refractivity contribution in [2.24, 2.45) is 4.99 Å². The molecule has 0 fully saturated rings. The van der Waals surface area contributed by atoms with Crippen LogP contribution in [0.2, 0.25) is 0 Å². The van der Waals surface area contributed by atoms with Gasteiger partial charge in [0.25, 0.3) is 0 Å². The molecule has 3 aromatic rings. The Morgan fingerprint density at radius 3 is 1.64 bits per heavy atom. The lowest BCUT2D eigenvalue weighted by Gasteiger charge is -2.03. The van der Waals surface area contributed by atoms with Crippen molar-refractivity contribution in [1.82, 2.24) is 15.0 Å². The predicted octanol–water partition coefficient (Wildman–Crippen LogP) is 7.55. The van der Waals surface area contributed by atoms with E-state index in [2.05, 4.69) is 118 Å². The van der Waals surface area contributed by atoms with E-state index in [0.717, 1.165) is 96.2 Å². The van der Waals surface area contributed by atoms with Gasteiger partial charge in [-0.2, -0.15) is 0 Å². The van der Waals surface area contributed by atoms with Crippen molar-refractivity contribution in [1.29, 1.82) is 0 Å². The van der Waals surface area contributed by atoms with Gasteiger partial charge in [-0.1, -0.05) is 61.1 Å². The molecular formula is C40H46N4. The third-order valence-electron chi connectivity index (χ3n) is 9.13. The highest BCUT2D eigenvalue weighted by atomic mass is 14.8. The monoisotopic (exact) mass is 582 g/mol. The van der Waals surface area contributed by atoms with Crippen molar-refractivity contribution in [3.63, 3.8) is 0 Å². The van der Waals surface area contributed by atoms with E-state index in [-0.39, 0.29) is 0 Å². The Hall–Kier alpha value is -4.37. The van der Waals surface area contributed by atoms with E-state index in [9.17, 15) is 0 Å². The van der Waals surface area contributed by atoms with Crippen molar-refractivity contribution in [3.05, 3.63) is 95.5 Å². The van der Waals surface area contributed by atoms with Gasteiger partial charge in [-0.05, 0) is 131 Å². The van der Waals surface area contributed by atoms with Crippen LogP contribution in [0, 0.1) is 11.8 Å². The van der Waals surface area contributed by atoms with E-state index >= 15 is 0 Å². The standard InChI is InChI=1S/C40H46N4/c1-9-25-26(10-2)34-19-20-36-29(13-5)30(14-6)38(43-36)23-24-40-32(16-8)31(15-7)39(44-40)22-21-37-28(12-4)27(11-3)35(42-37)18-17-33(25)41-34/h17-18,23,41,43-44H,9-16H2,1-8H3. The van der Waals surface area contributed by atoms with Crippen LogP contribution in [-0.4, -0.2) is 20.7 Å². The molecule has 2 aliphatic rings. The van der Waals surface area contributed by atoms with Crippen LogP contribution in [0.4, 0.5) is 0 Å². The molecule has 2 aliphatic heterocycles. The van der Waals surface area contributed by atoms with Gasteiger partial charge >= 0.3 is 0 Å². The highest BCUT2D eigenvalue weighted by Gasteiger charge is 2.20. The molecule has 0 aromatic carbocycles. The molecule has 8 bridgehead atoms. The quantitative estimate of drug-likeness (QED) is 0.181. The normalized spacial score (nSPS) is 13.8. The summed E-state index contributed by atoms with van der Waals surface area (Å²) in [6.45, 7) is 17.7. The van der Waals surface area contributed by atoms with Crippen LogP contribution in [0.3, 0.4) is 0 Å². The highest BCUT2D eigenvalue weighted by Crippen LogP contribution is 2.31. The largest absolute Gasteiger partial charge is 0.348 e. The van der Waals surface area contributed by atoms with Crippen LogP contribution in [0.5, 0.6) is 0 Å². The van der Waals surface area contributed by atoms with Crippen LogP contribution < -0.4 is 10.7 Å². The lowest BCUT2D eigenvalue weighted by Crippen LogP contribution is -2.09. The third kappa shape index (κ3) is 5.52. The van der Waals surface area contributed by atoms with Crippen molar-refractivity contribution in [3.8, 4) is 11.8 Å². The van der Waals surface area contributed by atoms with Gasteiger partial charge in [0.15, 0.2) is 0 Å². The van der Waals surface area contributed by atoms with Crippen molar-refractivity contribution in [2.75, 3.05) is 0 Å². The number of aromatic amines is 3. The summed E-state index contributed by atoms with van der Waals surface area (Å²) in [5, 5.41) is 1.98. The average molecular weight is 583 g/mol. The lowest BCUT2D eigenvalue weighted by atomic mass is 9.99. The van der Waals surface area contributed by atoms with E-state index < -0.39 is 0 Å². The average Bonchev–Trinajstić information content (AvgIpc) is 3.77. The minimum absolute atomic E-state index is 0.885. The van der Waals surface area contributed by atoms with Crippen LogP contribution in [0.15, 0.2) is 33.6 Å². The molecule has 0 saturated heterocycles.